The number of carbonyl (C=O) groups is 1. The predicted molar refractivity (Wildman–Crippen MR) is 85.4 cm³/mol. The number of nitrogens with zero attached hydrogens (tertiary/aromatic N) is 1. The monoisotopic (exact) mass is 414 g/mol. The molecule has 2 aromatic rings. The third-order valence-electron chi connectivity index (χ3n) is 2.45. The predicted octanol–water partition coefficient (Wildman–Crippen LogP) is 4.41. The summed E-state index contributed by atoms with van der Waals surface area (Å²) in [6.45, 7) is 0. The van der Waals surface area contributed by atoms with Gasteiger partial charge in [0.2, 0.25) is 0 Å². The van der Waals surface area contributed by atoms with Gasteiger partial charge in [-0.1, -0.05) is 0 Å². The highest BCUT2D eigenvalue weighted by atomic mass is 79.9. The molecular formula is C13H8Br2N2O2S. The van der Waals surface area contributed by atoms with Crippen LogP contribution in [0.5, 0.6) is 5.75 Å². The first-order valence-corrected chi connectivity index (χ1v) is 7.79. The molecule has 0 saturated carbocycles. The highest BCUT2D eigenvalue weighted by Crippen LogP contribution is 2.33. The van der Waals surface area contributed by atoms with Crippen molar-refractivity contribution < 1.29 is 9.53 Å². The van der Waals surface area contributed by atoms with E-state index in [1.165, 1.54) is 18.4 Å². The lowest BCUT2D eigenvalue weighted by Crippen LogP contribution is -2.11. The zero-order chi connectivity index (χ0) is 14.7. The number of nitrogens with one attached hydrogen (secondary N) is 1. The highest BCUT2D eigenvalue weighted by Gasteiger charge is 2.14. The molecule has 2 rings (SSSR count). The van der Waals surface area contributed by atoms with Crippen molar-refractivity contribution in [1.82, 2.24) is 0 Å². The number of rotatable bonds is 3. The number of benzene rings is 1. The van der Waals surface area contributed by atoms with Crippen LogP contribution >= 0.6 is 43.2 Å². The number of carbonyl (C=O) groups excluding carboxylic acids is 1. The second-order valence-electron chi connectivity index (χ2n) is 3.71. The van der Waals surface area contributed by atoms with Gasteiger partial charge in [-0.25, -0.2) is 0 Å². The maximum absolute atomic E-state index is 12.1. The van der Waals surface area contributed by atoms with E-state index in [1.807, 2.05) is 6.07 Å². The second-order valence-corrected chi connectivity index (χ2v) is 6.94. The minimum absolute atomic E-state index is 0.232. The Morgan fingerprint density at radius 1 is 1.40 bits per heavy atom. The van der Waals surface area contributed by atoms with Crippen LogP contribution in [0.1, 0.15) is 15.2 Å². The summed E-state index contributed by atoms with van der Waals surface area (Å²) in [5.74, 6) is 0.219. The minimum atomic E-state index is -0.232. The van der Waals surface area contributed by atoms with Gasteiger partial charge < -0.3 is 10.1 Å². The van der Waals surface area contributed by atoms with Crippen molar-refractivity contribution in [1.29, 1.82) is 5.26 Å². The number of thiophene rings is 1. The Bertz CT molecular complexity index is 687. The fourth-order valence-corrected chi connectivity index (χ4v) is 3.44. The fourth-order valence-electron chi connectivity index (χ4n) is 1.51. The third-order valence-corrected chi connectivity index (χ3v) is 5.70. The lowest BCUT2D eigenvalue weighted by atomic mass is 10.2. The molecule has 0 radical (unpaired) electrons. The first kappa shape index (κ1) is 15.0. The van der Waals surface area contributed by atoms with Crippen molar-refractivity contribution in [3.63, 3.8) is 0 Å². The Labute approximate surface area is 136 Å². The molecule has 1 aromatic carbocycles. The van der Waals surface area contributed by atoms with Gasteiger partial charge in [0.05, 0.1) is 33.1 Å². The van der Waals surface area contributed by atoms with Gasteiger partial charge in [-0.15, -0.1) is 11.3 Å². The van der Waals surface area contributed by atoms with Crippen molar-refractivity contribution >= 4 is 54.8 Å². The van der Waals surface area contributed by atoms with Crippen LogP contribution in [-0.4, -0.2) is 13.0 Å². The zero-order valence-electron chi connectivity index (χ0n) is 10.2. The van der Waals surface area contributed by atoms with E-state index in [2.05, 4.69) is 37.2 Å². The van der Waals surface area contributed by atoms with E-state index >= 15 is 0 Å². The molecule has 0 aliphatic rings. The molecule has 102 valence electrons. The Balaban J connectivity index is 2.26. The minimum Gasteiger partial charge on any atom is -0.495 e. The van der Waals surface area contributed by atoms with Gasteiger partial charge in [0.25, 0.3) is 5.91 Å². The first-order valence-electron chi connectivity index (χ1n) is 5.39. The van der Waals surface area contributed by atoms with Crippen LogP contribution < -0.4 is 10.1 Å². The summed E-state index contributed by atoms with van der Waals surface area (Å²) in [5.41, 5.74) is 0.999. The molecule has 0 saturated heterocycles. The number of halogens is 2. The molecule has 0 fully saturated rings. The number of anilines is 1. The Morgan fingerprint density at radius 2 is 2.15 bits per heavy atom. The van der Waals surface area contributed by atoms with Crippen LogP contribution in [0.25, 0.3) is 0 Å². The molecule has 1 aromatic heterocycles. The van der Waals surface area contributed by atoms with Crippen LogP contribution in [0.4, 0.5) is 5.69 Å². The fraction of sp³-hybridized carbons (Fsp3) is 0.0769. The number of nitriles is 1. The smallest absolute Gasteiger partial charge is 0.265 e. The molecule has 1 N–H and O–H groups in total. The topological polar surface area (TPSA) is 62.1 Å². The summed E-state index contributed by atoms with van der Waals surface area (Å²) in [5, 5.41) is 11.6. The Hall–Kier alpha value is -1.36. The van der Waals surface area contributed by atoms with Crippen molar-refractivity contribution in [3.05, 3.63) is 43.0 Å². The number of ether oxygens (including phenoxy) is 1. The number of hydrogen-bond donors (Lipinski definition) is 1. The first-order chi connectivity index (χ1) is 9.55. The van der Waals surface area contributed by atoms with E-state index in [1.54, 1.807) is 24.3 Å². The van der Waals surface area contributed by atoms with Crippen molar-refractivity contribution in [3.8, 4) is 11.8 Å². The quantitative estimate of drug-likeness (QED) is 0.807. The lowest BCUT2D eigenvalue weighted by Gasteiger charge is -2.09. The normalized spacial score (nSPS) is 9.90. The van der Waals surface area contributed by atoms with E-state index in [4.69, 9.17) is 10.00 Å². The van der Waals surface area contributed by atoms with Crippen LogP contribution in [0.15, 0.2) is 32.5 Å². The molecule has 0 aliphatic carbocycles. The van der Waals surface area contributed by atoms with Crippen LogP contribution in [0.2, 0.25) is 0 Å². The van der Waals surface area contributed by atoms with E-state index in [-0.39, 0.29) is 5.91 Å². The lowest BCUT2D eigenvalue weighted by molar-refractivity contribution is 0.103. The van der Waals surface area contributed by atoms with Gasteiger partial charge in [-0.3, -0.25) is 4.79 Å². The van der Waals surface area contributed by atoms with Gasteiger partial charge in [0, 0.05) is 10.5 Å². The largest absolute Gasteiger partial charge is 0.495 e. The summed E-state index contributed by atoms with van der Waals surface area (Å²) in [6, 6.07) is 8.61. The van der Waals surface area contributed by atoms with E-state index in [0.29, 0.717) is 21.9 Å². The molecule has 0 atom stereocenters. The van der Waals surface area contributed by atoms with Crippen LogP contribution in [0.3, 0.4) is 0 Å². The summed E-state index contributed by atoms with van der Waals surface area (Å²) in [4.78, 5) is 12.7. The summed E-state index contributed by atoms with van der Waals surface area (Å²) in [7, 11) is 1.49. The highest BCUT2D eigenvalue weighted by molar-refractivity contribution is 9.13. The van der Waals surface area contributed by atoms with Gasteiger partial charge in [0.1, 0.15) is 5.75 Å². The number of amides is 1. The molecule has 4 nitrogen and oxygen atoms in total. The second kappa shape index (κ2) is 6.39. The molecule has 0 bridgehead atoms. The van der Waals surface area contributed by atoms with Crippen molar-refractivity contribution in [2.45, 2.75) is 0 Å². The Kier molecular flexibility index (Phi) is 4.81. The molecule has 1 amide bonds. The van der Waals surface area contributed by atoms with E-state index in [0.717, 1.165) is 8.26 Å². The standard InChI is InChI=1S/C13H8Br2N2O2S/c1-19-10-4-7(6-16)2-3-9(10)17-13(18)11-5-8(14)12(15)20-11/h2-5H,1H3,(H,17,18). The SMILES string of the molecule is COc1cc(C#N)ccc1NC(=O)c1cc(Br)c(Br)s1. The van der Waals surface area contributed by atoms with Crippen LogP contribution in [0, 0.1) is 11.3 Å². The molecule has 1 heterocycles. The van der Waals surface area contributed by atoms with Gasteiger partial charge >= 0.3 is 0 Å². The van der Waals surface area contributed by atoms with Crippen LogP contribution in [-0.2, 0) is 0 Å². The molecule has 0 aliphatic heterocycles. The summed E-state index contributed by atoms with van der Waals surface area (Å²) in [6.07, 6.45) is 0. The number of hydrogen-bond acceptors (Lipinski definition) is 4. The van der Waals surface area contributed by atoms with Gasteiger partial charge in [0.15, 0.2) is 0 Å². The van der Waals surface area contributed by atoms with Crippen molar-refractivity contribution in [2.24, 2.45) is 0 Å². The van der Waals surface area contributed by atoms with E-state index in [9.17, 15) is 4.79 Å². The number of methoxy groups -OCH3 is 1. The average molecular weight is 416 g/mol. The molecular weight excluding hydrogens is 408 g/mol. The zero-order valence-corrected chi connectivity index (χ0v) is 14.2. The molecule has 0 unspecified atom stereocenters. The average Bonchev–Trinajstić information content (AvgIpc) is 2.79. The van der Waals surface area contributed by atoms with Gasteiger partial charge in [-0.05, 0) is 50.1 Å². The maximum Gasteiger partial charge on any atom is 0.265 e. The van der Waals surface area contributed by atoms with E-state index < -0.39 is 0 Å². The summed E-state index contributed by atoms with van der Waals surface area (Å²) < 4.78 is 6.86. The third kappa shape index (κ3) is 3.20. The summed E-state index contributed by atoms with van der Waals surface area (Å²) >= 11 is 8.01. The molecule has 0 spiro atoms. The van der Waals surface area contributed by atoms with Crippen molar-refractivity contribution in [2.75, 3.05) is 12.4 Å². The van der Waals surface area contributed by atoms with Gasteiger partial charge in [-0.2, -0.15) is 5.26 Å². The molecule has 20 heavy (non-hydrogen) atoms. The Morgan fingerprint density at radius 3 is 2.70 bits per heavy atom. The molecule has 7 heteroatoms. The maximum atomic E-state index is 12.1.